The molecule has 0 aromatic carbocycles. The van der Waals surface area contributed by atoms with E-state index in [-0.39, 0.29) is 11.5 Å². The summed E-state index contributed by atoms with van der Waals surface area (Å²) in [6.07, 6.45) is 2.08. The van der Waals surface area contributed by atoms with Crippen LogP contribution in [0.1, 0.15) is 11.3 Å². The standard InChI is InChI=1S/C8H10N2O2S/c9-7-3-6-5-13(11,12)2-1-8(6)10-4-7/h3-4H,1-2,5,9H2. The number of nitrogens with zero attached hydrogens (tertiary/aromatic N) is 1. The van der Waals surface area contributed by atoms with E-state index in [0.717, 1.165) is 11.3 Å². The molecule has 5 heteroatoms. The highest BCUT2D eigenvalue weighted by molar-refractivity contribution is 7.90. The summed E-state index contributed by atoms with van der Waals surface area (Å²) in [5.41, 5.74) is 7.66. The molecule has 1 aromatic rings. The van der Waals surface area contributed by atoms with Crippen LogP contribution in [-0.4, -0.2) is 19.2 Å². The first-order valence-corrected chi connectivity index (χ1v) is 5.83. The van der Waals surface area contributed by atoms with Gasteiger partial charge in [-0.25, -0.2) is 8.42 Å². The van der Waals surface area contributed by atoms with Crippen LogP contribution in [0.4, 0.5) is 5.69 Å². The van der Waals surface area contributed by atoms with Crippen LogP contribution < -0.4 is 5.73 Å². The third-order valence-electron chi connectivity index (χ3n) is 2.11. The normalized spacial score (nSPS) is 19.4. The van der Waals surface area contributed by atoms with Crippen molar-refractivity contribution in [3.63, 3.8) is 0 Å². The van der Waals surface area contributed by atoms with Crippen LogP contribution in [0.3, 0.4) is 0 Å². The van der Waals surface area contributed by atoms with E-state index in [0.29, 0.717) is 12.1 Å². The molecule has 0 spiro atoms. The van der Waals surface area contributed by atoms with Crippen molar-refractivity contribution in [1.82, 2.24) is 4.98 Å². The molecule has 1 aliphatic heterocycles. The van der Waals surface area contributed by atoms with E-state index in [2.05, 4.69) is 4.98 Å². The van der Waals surface area contributed by atoms with E-state index in [1.165, 1.54) is 0 Å². The number of hydrogen-bond acceptors (Lipinski definition) is 4. The Labute approximate surface area is 76.7 Å². The Bertz CT molecular complexity index is 439. The van der Waals surface area contributed by atoms with Crippen molar-refractivity contribution in [2.24, 2.45) is 0 Å². The Balaban J connectivity index is 2.50. The molecule has 0 atom stereocenters. The first-order chi connectivity index (χ1) is 6.07. The topological polar surface area (TPSA) is 73.0 Å². The minimum Gasteiger partial charge on any atom is -0.397 e. The zero-order valence-corrected chi connectivity index (χ0v) is 7.84. The van der Waals surface area contributed by atoms with Crippen molar-refractivity contribution < 1.29 is 8.42 Å². The first-order valence-electron chi connectivity index (χ1n) is 4.00. The quantitative estimate of drug-likeness (QED) is 0.643. The number of fused-ring (bicyclic) bond motifs is 1. The van der Waals surface area contributed by atoms with Crippen LogP contribution in [0, 0.1) is 0 Å². The number of nitrogens with two attached hydrogens (primary N) is 1. The van der Waals surface area contributed by atoms with Crippen LogP contribution in [-0.2, 0) is 22.0 Å². The van der Waals surface area contributed by atoms with Gasteiger partial charge in [-0.2, -0.15) is 0 Å². The van der Waals surface area contributed by atoms with Crippen molar-refractivity contribution in [3.05, 3.63) is 23.5 Å². The van der Waals surface area contributed by atoms with E-state index < -0.39 is 9.84 Å². The van der Waals surface area contributed by atoms with Crippen molar-refractivity contribution in [3.8, 4) is 0 Å². The van der Waals surface area contributed by atoms with E-state index in [9.17, 15) is 8.42 Å². The second-order valence-corrected chi connectivity index (χ2v) is 5.40. The van der Waals surface area contributed by atoms with Crippen LogP contribution in [0.5, 0.6) is 0 Å². The molecule has 0 bridgehead atoms. The monoisotopic (exact) mass is 198 g/mol. The third kappa shape index (κ3) is 1.65. The van der Waals surface area contributed by atoms with Gasteiger partial charge >= 0.3 is 0 Å². The Morgan fingerprint density at radius 2 is 2.23 bits per heavy atom. The fourth-order valence-electron chi connectivity index (χ4n) is 1.47. The van der Waals surface area contributed by atoms with Crippen LogP contribution in [0.25, 0.3) is 0 Å². The summed E-state index contributed by atoms with van der Waals surface area (Å²) in [6.45, 7) is 0. The van der Waals surface area contributed by atoms with Gasteiger partial charge in [0.1, 0.15) is 0 Å². The number of pyridine rings is 1. The highest BCUT2D eigenvalue weighted by atomic mass is 32.2. The summed E-state index contributed by atoms with van der Waals surface area (Å²) in [6, 6.07) is 1.69. The maximum atomic E-state index is 11.3. The number of anilines is 1. The average Bonchev–Trinajstić information content (AvgIpc) is 2.01. The molecule has 0 saturated carbocycles. The minimum atomic E-state index is -2.91. The summed E-state index contributed by atoms with van der Waals surface area (Å²) in [7, 11) is -2.91. The van der Waals surface area contributed by atoms with Gasteiger partial charge in [-0.1, -0.05) is 0 Å². The van der Waals surface area contributed by atoms with Crippen LogP contribution in [0.2, 0.25) is 0 Å². The van der Waals surface area contributed by atoms with Gasteiger partial charge in [-0.3, -0.25) is 4.98 Å². The molecule has 0 unspecified atom stereocenters. The predicted octanol–water partition coefficient (Wildman–Crippen LogP) is 0.135. The van der Waals surface area contributed by atoms with Crippen LogP contribution in [0.15, 0.2) is 12.3 Å². The molecule has 4 nitrogen and oxygen atoms in total. The fourth-order valence-corrected chi connectivity index (χ4v) is 2.84. The summed E-state index contributed by atoms with van der Waals surface area (Å²) < 4.78 is 22.5. The summed E-state index contributed by atoms with van der Waals surface area (Å²) in [5.74, 6) is 0.289. The lowest BCUT2D eigenvalue weighted by molar-refractivity contribution is 0.590. The Hall–Kier alpha value is -1.10. The second-order valence-electron chi connectivity index (χ2n) is 3.22. The van der Waals surface area contributed by atoms with E-state index in [4.69, 9.17) is 5.73 Å². The van der Waals surface area contributed by atoms with E-state index in [1.54, 1.807) is 12.3 Å². The molecular formula is C8H10N2O2S. The molecule has 0 amide bonds. The molecule has 0 saturated heterocycles. The lowest BCUT2D eigenvalue weighted by Crippen LogP contribution is -2.20. The lowest BCUT2D eigenvalue weighted by Gasteiger charge is -2.14. The molecule has 0 fully saturated rings. The number of nitrogen functional groups attached to an aromatic ring is 1. The number of rotatable bonds is 0. The highest BCUT2D eigenvalue weighted by Crippen LogP contribution is 2.20. The molecule has 2 rings (SSSR count). The smallest absolute Gasteiger partial charge is 0.154 e. The number of sulfone groups is 1. The Morgan fingerprint density at radius 3 is 3.00 bits per heavy atom. The molecule has 2 N–H and O–H groups in total. The van der Waals surface area contributed by atoms with Crippen molar-refractivity contribution >= 4 is 15.5 Å². The van der Waals surface area contributed by atoms with Crippen molar-refractivity contribution in [2.75, 3.05) is 11.5 Å². The molecule has 0 radical (unpaired) electrons. The second kappa shape index (κ2) is 2.70. The van der Waals surface area contributed by atoms with Gasteiger partial charge in [-0.05, 0) is 11.6 Å². The first kappa shape index (κ1) is 8.50. The largest absolute Gasteiger partial charge is 0.397 e. The summed E-state index contributed by atoms with van der Waals surface area (Å²) >= 11 is 0. The Kier molecular flexibility index (Phi) is 1.76. The lowest BCUT2D eigenvalue weighted by atomic mass is 10.1. The van der Waals surface area contributed by atoms with Gasteiger partial charge in [-0.15, -0.1) is 0 Å². The van der Waals surface area contributed by atoms with Gasteiger partial charge < -0.3 is 5.73 Å². The van der Waals surface area contributed by atoms with Crippen molar-refractivity contribution in [2.45, 2.75) is 12.2 Å². The molecule has 70 valence electrons. The van der Waals surface area contributed by atoms with Crippen molar-refractivity contribution in [1.29, 1.82) is 0 Å². The molecule has 1 aliphatic rings. The summed E-state index contributed by atoms with van der Waals surface area (Å²) in [5, 5.41) is 0. The third-order valence-corrected chi connectivity index (χ3v) is 3.68. The molecule has 13 heavy (non-hydrogen) atoms. The molecule has 0 aliphatic carbocycles. The van der Waals surface area contributed by atoms with Gasteiger partial charge in [0.15, 0.2) is 9.84 Å². The fraction of sp³-hybridized carbons (Fsp3) is 0.375. The molecular weight excluding hydrogens is 188 g/mol. The van der Waals surface area contributed by atoms with Crippen LogP contribution >= 0.6 is 0 Å². The highest BCUT2D eigenvalue weighted by Gasteiger charge is 2.21. The maximum absolute atomic E-state index is 11.3. The molecule has 2 heterocycles. The molecule has 1 aromatic heterocycles. The average molecular weight is 198 g/mol. The zero-order chi connectivity index (χ0) is 9.47. The van der Waals surface area contributed by atoms with Gasteiger partial charge in [0.25, 0.3) is 0 Å². The zero-order valence-electron chi connectivity index (χ0n) is 7.03. The predicted molar refractivity (Wildman–Crippen MR) is 49.8 cm³/mol. The van der Waals surface area contributed by atoms with Gasteiger partial charge in [0, 0.05) is 12.1 Å². The number of hydrogen-bond donors (Lipinski definition) is 1. The summed E-state index contributed by atoms with van der Waals surface area (Å²) in [4.78, 5) is 4.09. The number of aryl methyl sites for hydroxylation is 1. The van der Waals surface area contributed by atoms with E-state index in [1.807, 2.05) is 0 Å². The Morgan fingerprint density at radius 1 is 1.46 bits per heavy atom. The van der Waals surface area contributed by atoms with E-state index >= 15 is 0 Å². The van der Waals surface area contributed by atoms with Gasteiger partial charge in [0.2, 0.25) is 0 Å². The number of aromatic nitrogens is 1. The van der Waals surface area contributed by atoms with Gasteiger partial charge in [0.05, 0.1) is 23.4 Å². The minimum absolute atomic E-state index is 0.0837. The maximum Gasteiger partial charge on any atom is 0.154 e. The SMILES string of the molecule is Nc1cnc2c(c1)CS(=O)(=O)CC2.